The molecule has 0 radical (unpaired) electrons. The van der Waals surface area contributed by atoms with E-state index >= 15 is 0 Å². The van der Waals surface area contributed by atoms with Crippen molar-refractivity contribution in [1.29, 1.82) is 0 Å². The first-order valence-electron chi connectivity index (χ1n) is 7.21. The van der Waals surface area contributed by atoms with Crippen LogP contribution >= 0.6 is 0 Å². The third-order valence-electron chi connectivity index (χ3n) is 3.24. The molecule has 120 valence electrons. The number of phenolic OH excluding ortho intramolecular Hbond substituents is 1. The van der Waals surface area contributed by atoms with Gasteiger partial charge in [-0.15, -0.1) is 0 Å². The molecule has 0 fully saturated rings. The normalized spacial score (nSPS) is 11.6. The summed E-state index contributed by atoms with van der Waals surface area (Å²) in [5, 5.41) is 14.9. The van der Waals surface area contributed by atoms with E-state index < -0.39 is 0 Å². The van der Waals surface area contributed by atoms with Crippen LogP contribution in [0.1, 0.15) is 41.5 Å². The standard InChI is InChI=1S/C17H19N3O3/c1-10-7-14(9-16(18-10)20-12(3)21)17(23)19-11(2)13-5-4-6-15(22)8-13/h4-9,11,22H,1-3H3,(H,19,23)(H,18,20,21). The van der Waals surface area contributed by atoms with Crippen LogP contribution in [0.15, 0.2) is 36.4 Å². The Bertz CT molecular complexity index is 744. The number of nitrogens with zero attached hydrogens (tertiary/aromatic N) is 1. The maximum atomic E-state index is 12.4. The molecule has 1 unspecified atom stereocenters. The number of aromatic hydroxyl groups is 1. The van der Waals surface area contributed by atoms with Crippen LogP contribution in [0.4, 0.5) is 5.82 Å². The molecule has 2 rings (SSSR count). The summed E-state index contributed by atoms with van der Waals surface area (Å²) >= 11 is 0. The minimum atomic E-state index is -0.280. The fourth-order valence-electron chi connectivity index (χ4n) is 2.20. The molecule has 2 aromatic rings. The summed E-state index contributed by atoms with van der Waals surface area (Å²) < 4.78 is 0. The van der Waals surface area contributed by atoms with Crippen molar-refractivity contribution in [2.75, 3.05) is 5.32 Å². The monoisotopic (exact) mass is 313 g/mol. The average molecular weight is 313 g/mol. The number of nitrogens with one attached hydrogen (secondary N) is 2. The van der Waals surface area contributed by atoms with Gasteiger partial charge in [-0.05, 0) is 43.7 Å². The van der Waals surface area contributed by atoms with Crippen LogP contribution in [-0.4, -0.2) is 21.9 Å². The smallest absolute Gasteiger partial charge is 0.251 e. The first-order valence-corrected chi connectivity index (χ1v) is 7.21. The number of anilines is 1. The van der Waals surface area contributed by atoms with Crippen molar-refractivity contribution >= 4 is 17.6 Å². The van der Waals surface area contributed by atoms with Crippen molar-refractivity contribution in [1.82, 2.24) is 10.3 Å². The van der Waals surface area contributed by atoms with E-state index in [4.69, 9.17) is 0 Å². The average Bonchev–Trinajstić information content (AvgIpc) is 2.45. The zero-order valence-corrected chi connectivity index (χ0v) is 13.3. The Morgan fingerprint density at radius 1 is 1.22 bits per heavy atom. The molecule has 2 amide bonds. The van der Waals surface area contributed by atoms with E-state index in [0.717, 1.165) is 5.56 Å². The lowest BCUT2D eigenvalue weighted by molar-refractivity contribution is -0.114. The van der Waals surface area contributed by atoms with Gasteiger partial charge in [0.15, 0.2) is 0 Å². The maximum absolute atomic E-state index is 12.4. The Labute approximate surface area is 134 Å². The fraction of sp³-hybridized carbons (Fsp3) is 0.235. The molecule has 3 N–H and O–H groups in total. The molecule has 6 heteroatoms. The Morgan fingerprint density at radius 2 is 1.96 bits per heavy atom. The quantitative estimate of drug-likeness (QED) is 0.809. The summed E-state index contributed by atoms with van der Waals surface area (Å²) in [5.74, 6) is -0.0375. The maximum Gasteiger partial charge on any atom is 0.251 e. The van der Waals surface area contributed by atoms with E-state index in [1.807, 2.05) is 13.0 Å². The molecule has 1 aromatic carbocycles. The largest absolute Gasteiger partial charge is 0.508 e. The fourth-order valence-corrected chi connectivity index (χ4v) is 2.20. The van der Waals surface area contributed by atoms with E-state index in [1.165, 1.54) is 13.0 Å². The number of benzene rings is 1. The second-order valence-electron chi connectivity index (χ2n) is 5.35. The van der Waals surface area contributed by atoms with Crippen molar-refractivity contribution in [3.8, 4) is 5.75 Å². The molecule has 6 nitrogen and oxygen atoms in total. The molecule has 0 aliphatic heterocycles. The van der Waals surface area contributed by atoms with E-state index in [0.29, 0.717) is 17.1 Å². The molecular weight excluding hydrogens is 294 g/mol. The minimum Gasteiger partial charge on any atom is -0.508 e. The van der Waals surface area contributed by atoms with E-state index in [1.54, 1.807) is 31.2 Å². The van der Waals surface area contributed by atoms with Gasteiger partial charge in [0, 0.05) is 18.2 Å². The molecule has 1 heterocycles. The predicted molar refractivity (Wildman–Crippen MR) is 87.3 cm³/mol. The first kappa shape index (κ1) is 16.5. The van der Waals surface area contributed by atoms with Gasteiger partial charge in [-0.25, -0.2) is 4.98 Å². The lowest BCUT2D eigenvalue weighted by Gasteiger charge is -2.15. The summed E-state index contributed by atoms with van der Waals surface area (Å²) in [4.78, 5) is 27.7. The third-order valence-corrected chi connectivity index (χ3v) is 3.24. The molecule has 1 aromatic heterocycles. The van der Waals surface area contributed by atoms with Crippen molar-refractivity contribution in [2.45, 2.75) is 26.8 Å². The lowest BCUT2D eigenvalue weighted by Crippen LogP contribution is -2.27. The van der Waals surface area contributed by atoms with Gasteiger partial charge in [-0.1, -0.05) is 12.1 Å². The molecular formula is C17H19N3O3. The van der Waals surface area contributed by atoms with Gasteiger partial charge in [0.25, 0.3) is 5.91 Å². The number of phenols is 1. The number of carbonyl (C=O) groups excluding carboxylic acids is 2. The summed E-state index contributed by atoms with van der Waals surface area (Å²) in [7, 11) is 0. The van der Waals surface area contributed by atoms with Crippen LogP contribution in [0.5, 0.6) is 5.75 Å². The molecule has 0 spiro atoms. The molecule has 0 aliphatic carbocycles. The topological polar surface area (TPSA) is 91.3 Å². The second kappa shape index (κ2) is 6.91. The van der Waals surface area contributed by atoms with E-state index in [9.17, 15) is 14.7 Å². The van der Waals surface area contributed by atoms with Gasteiger partial charge in [-0.3, -0.25) is 9.59 Å². The van der Waals surface area contributed by atoms with Crippen LogP contribution in [0.25, 0.3) is 0 Å². The number of rotatable bonds is 4. The first-order chi connectivity index (χ1) is 10.8. The van der Waals surface area contributed by atoms with Crippen LogP contribution in [0, 0.1) is 6.92 Å². The summed E-state index contributed by atoms with van der Waals surface area (Å²) in [6, 6.07) is 9.63. The van der Waals surface area contributed by atoms with Crippen LogP contribution < -0.4 is 10.6 Å². The van der Waals surface area contributed by atoms with Gasteiger partial charge in [-0.2, -0.15) is 0 Å². The zero-order chi connectivity index (χ0) is 17.0. The Hall–Kier alpha value is -2.89. The predicted octanol–water partition coefficient (Wildman–Crippen LogP) is 2.55. The van der Waals surface area contributed by atoms with Crippen molar-refractivity contribution in [2.24, 2.45) is 0 Å². The van der Waals surface area contributed by atoms with Crippen LogP contribution in [-0.2, 0) is 4.79 Å². The van der Waals surface area contributed by atoms with Gasteiger partial charge in [0.1, 0.15) is 11.6 Å². The zero-order valence-electron chi connectivity index (χ0n) is 13.3. The Balaban J connectivity index is 2.17. The third kappa shape index (κ3) is 4.54. The Morgan fingerprint density at radius 3 is 2.61 bits per heavy atom. The highest BCUT2D eigenvalue weighted by Crippen LogP contribution is 2.19. The van der Waals surface area contributed by atoms with Crippen LogP contribution in [0.2, 0.25) is 0 Å². The van der Waals surface area contributed by atoms with Gasteiger partial charge < -0.3 is 15.7 Å². The highest BCUT2D eigenvalue weighted by Gasteiger charge is 2.14. The number of pyridine rings is 1. The van der Waals surface area contributed by atoms with Crippen molar-refractivity contribution < 1.29 is 14.7 Å². The highest BCUT2D eigenvalue weighted by atomic mass is 16.3. The molecule has 0 bridgehead atoms. The van der Waals surface area contributed by atoms with Gasteiger partial charge in [0.05, 0.1) is 6.04 Å². The molecule has 0 saturated carbocycles. The van der Waals surface area contributed by atoms with Gasteiger partial charge >= 0.3 is 0 Å². The SMILES string of the molecule is CC(=O)Nc1cc(C(=O)NC(C)c2cccc(O)c2)cc(C)n1. The number of amides is 2. The number of hydrogen-bond donors (Lipinski definition) is 3. The number of aromatic nitrogens is 1. The highest BCUT2D eigenvalue weighted by molar-refractivity contribution is 5.96. The van der Waals surface area contributed by atoms with Crippen molar-refractivity contribution in [3.05, 3.63) is 53.2 Å². The molecule has 0 aliphatic rings. The summed E-state index contributed by atoms with van der Waals surface area (Å²) in [5.41, 5.74) is 1.84. The Kier molecular flexibility index (Phi) is 4.95. The molecule has 0 saturated heterocycles. The minimum absolute atomic E-state index is 0.149. The van der Waals surface area contributed by atoms with E-state index in [2.05, 4.69) is 15.6 Å². The lowest BCUT2D eigenvalue weighted by atomic mass is 10.1. The number of hydrogen-bond acceptors (Lipinski definition) is 4. The van der Waals surface area contributed by atoms with E-state index in [-0.39, 0.29) is 23.6 Å². The summed E-state index contributed by atoms with van der Waals surface area (Å²) in [6.07, 6.45) is 0. The van der Waals surface area contributed by atoms with Gasteiger partial charge in [0.2, 0.25) is 5.91 Å². The van der Waals surface area contributed by atoms with Crippen molar-refractivity contribution in [3.63, 3.8) is 0 Å². The van der Waals surface area contributed by atoms with Crippen LogP contribution in [0.3, 0.4) is 0 Å². The molecule has 23 heavy (non-hydrogen) atoms. The number of aryl methyl sites for hydroxylation is 1. The molecule has 1 atom stereocenters. The number of carbonyl (C=O) groups is 2. The summed E-state index contributed by atoms with van der Waals surface area (Å²) in [6.45, 7) is 4.96. The second-order valence-corrected chi connectivity index (χ2v) is 5.35.